The molecule has 0 amide bonds. The molecule has 1 spiro atoms. The third kappa shape index (κ3) is 2.84. The van der Waals surface area contributed by atoms with Crippen LogP contribution in [0.5, 0.6) is 0 Å². The van der Waals surface area contributed by atoms with Gasteiger partial charge in [0.2, 0.25) is 0 Å². The van der Waals surface area contributed by atoms with Crippen molar-refractivity contribution < 1.29 is 19.4 Å². The summed E-state index contributed by atoms with van der Waals surface area (Å²) < 4.78 is 6.03. The monoisotopic (exact) mass is 400 g/mol. The van der Waals surface area contributed by atoms with Crippen molar-refractivity contribution in [2.75, 3.05) is 0 Å². The Kier molecular flexibility index (Phi) is 4.79. The molecule has 0 aromatic heterocycles. The number of carbonyl (C=O) groups excluding carboxylic acids is 1. The van der Waals surface area contributed by atoms with Gasteiger partial charge in [0, 0.05) is 11.5 Å². The van der Waals surface area contributed by atoms with Crippen LogP contribution in [0.4, 0.5) is 0 Å². The molecule has 7 atom stereocenters. The molecule has 4 nitrogen and oxygen atoms in total. The van der Waals surface area contributed by atoms with Crippen LogP contribution in [-0.4, -0.2) is 23.1 Å². The lowest BCUT2D eigenvalue weighted by Crippen LogP contribution is -2.59. The molecule has 4 fully saturated rings. The average Bonchev–Trinajstić information content (AvgIpc) is 2.94. The number of rotatable bonds is 3. The number of hydrogen-bond acceptors (Lipinski definition) is 3. The number of fused-ring (bicyclic) bond motifs is 3. The van der Waals surface area contributed by atoms with Gasteiger partial charge in [-0.05, 0) is 88.4 Å². The van der Waals surface area contributed by atoms with Crippen molar-refractivity contribution in [2.24, 2.45) is 34.0 Å². The summed E-state index contributed by atoms with van der Waals surface area (Å²) in [5.41, 5.74) is 1.45. The molecule has 1 N–H and O–H groups in total. The minimum atomic E-state index is -0.644. The van der Waals surface area contributed by atoms with E-state index in [9.17, 15) is 14.7 Å². The van der Waals surface area contributed by atoms with E-state index < -0.39 is 11.4 Å². The fraction of sp³-hybridized carbons (Fsp3) is 0.760. The van der Waals surface area contributed by atoms with E-state index in [1.54, 1.807) is 13.0 Å². The Bertz CT molecular complexity index is 782. The SMILES string of the molecule is C=C1CC23CCC4C(C)(C(=O)O)CCCC4(C)C2CC(OC(=O)C(C)=CC)C1C3. The molecule has 0 saturated heterocycles. The summed E-state index contributed by atoms with van der Waals surface area (Å²) in [5.74, 6) is -0.0147. The Balaban J connectivity index is 1.69. The Morgan fingerprint density at radius 2 is 1.93 bits per heavy atom. The molecule has 7 unspecified atom stereocenters. The van der Waals surface area contributed by atoms with Crippen LogP contribution in [0.25, 0.3) is 0 Å². The maximum Gasteiger partial charge on any atom is 0.333 e. The zero-order valence-electron chi connectivity index (χ0n) is 18.4. The lowest BCUT2D eigenvalue weighted by Gasteiger charge is -2.63. The van der Waals surface area contributed by atoms with E-state index in [-0.39, 0.29) is 34.7 Å². The van der Waals surface area contributed by atoms with Crippen LogP contribution in [0.3, 0.4) is 0 Å². The van der Waals surface area contributed by atoms with Gasteiger partial charge >= 0.3 is 11.9 Å². The van der Waals surface area contributed by atoms with Crippen LogP contribution in [0.2, 0.25) is 0 Å². The molecule has 4 aliphatic carbocycles. The number of allylic oxidation sites excluding steroid dienone is 1. The molecule has 4 heteroatoms. The normalized spacial score (nSPS) is 46.6. The number of ether oxygens (including phenoxy) is 1. The van der Waals surface area contributed by atoms with Crippen molar-refractivity contribution in [1.82, 2.24) is 0 Å². The molecule has 0 heterocycles. The van der Waals surface area contributed by atoms with E-state index in [1.165, 1.54) is 5.57 Å². The number of hydrogen-bond donors (Lipinski definition) is 1. The van der Waals surface area contributed by atoms with Crippen molar-refractivity contribution in [2.45, 2.75) is 85.2 Å². The van der Waals surface area contributed by atoms with Gasteiger partial charge in [-0.15, -0.1) is 0 Å². The highest BCUT2D eigenvalue weighted by Crippen LogP contribution is 2.72. The van der Waals surface area contributed by atoms with Crippen molar-refractivity contribution in [3.8, 4) is 0 Å². The predicted octanol–water partition coefficient (Wildman–Crippen LogP) is 5.53. The molecule has 4 rings (SSSR count). The molecule has 2 bridgehead atoms. The zero-order chi connectivity index (χ0) is 21.2. The average molecular weight is 401 g/mol. The molecule has 4 aliphatic rings. The molecule has 4 saturated carbocycles. The fourth-order valence-corrected chi connectivity index (χ4v) is 8.02. The van der Waals surface area contributed by atoms with Gasteiger partial charge < -0.3 is 9.84 Å². The van der Waals surface area contributed by atoms with Crippen molar-refractivity contribution in [1.29, 1.82) is 0 Å². The second-order valence-corrected chi connectivity index (χ2v) is 10.9. The maximum absolute atomic E-state index is 12.5. The molecular weight excluding hydrogens is 364 g/mol. The number of carboxylic acids is 1. The summed E-state index contributed by atoms with van der Waals surface area (Å²) in [7, 11) is 0. The van der Waals surface area contributed by atoms with Crippen molar-refractivity contribution in [3.63, 3.8) is 0 Å². The first-order valence-corrected chi connectivity index (χ1v) is 11.3. The van der Waals surface area contributed by atoms with Crippen molar-refractivity contribution in [3.05, 3.63) is 23.8 Å². The Morgan fingerprint density at radius 3 is 2.59 bits per heavy atom. The minimum Gasteiger partial charge on any atom is -0.481 e. The van der Waals surface area contributed by atoms with Gasteiger partial charge in [-0.3, -0.25) is 4.79 Å². The van der Waals surface area contributed by atoms with Crippen LogP contribution < -0.4 is 0 Å². The van der Waals surface area contributed by atoms with E-state index in [2.05, 4.69) is 13.5 Å². The first-order chi connectivity index (χ1) is 13.6. The standard InChI is InChI=1S/C25H36O4/c1-6-15(2)21(26)29-18-12-20-23(4)9-7-10-24(5,22(27)28)19(23)8-11-25(20)13-16(3)17(18)14-25/h6,17-20H,3,7-14H2,1-2,4-5H3,(H,27,28). The van der Waals surface area contributed by atoms with Gasteiger partial charge in [-0.1, -0.05) is 31.6 Å². The molecule has 0 aromatic rings. The van der Waals surface area contributed by atoms with E-state index in [4.69, 9.17) is 4.74 Å². The smallest absolute Gasteiger partial charge is 0.333 e. The molecule has 0 aliphatic heterocycles. The molecular formula is C25H36O4. The Labute approximate surface area is 174 Å². The predicted molar refractivity (Wildman–Crippen MR) is 112 cm³/mol. The summed E-state index contributed by atoms with van der Waals surface area (Å²) in [4.78, 5) is 24.8. The van der Waals surface area contributed by atoms with Gasteiger partial charge in [0.25, 0.3) is 0 Å². The fourth-order valence-electron chi connectivity index (χ4n) is 8.02. The van der Waals surface area contributed by atoms with Crippen LogP contribution in [0.15, 0.2) is 23.8 Å². The third-order valence-electron chi connectivity index (χ3n) is 9.59. The second kappa shape index (κ2) is 6.72. The molecule has 0 aromatic carbocycles. The molecule has 160 valence electrons. The third-order valence-corrected chi connectivity index (χ3v) is 9.59. The number of aliphatic carboxylic acids is 1. The minimum absolute atomic E-state index is 0.0144. The first kappa shape index (κ1) is 20.7. The zero-order valence-corrected chi connectivity index (χ0v) is 18.4. The summed E-state index contributed by atoms with van der Waals surface area (Å²) in [6.07, 6.45) is 9.51. The first-order valence-electron chi connectivity index (χ1n) is 11.3. The van der Waals surface area contributed by atoms with E-state index in [1.807, 2.05) is 13.8 Å². The Morgan fingerprint density at radius 1 is 1.21 bits per heavy atom. The number of esters is 1. The van der Waals surface area contributed by atoms with Gasteiger partial charge in [0.1, 0.15) is 6.10 Å². The summed E-state index contributed by atoms with van der Waals surface area (Å²) in [6, 6.07) is 0. The summed E-state index contributed by atoms with van der Waals surface area (Å²) >= 11 is 0. The van der Waals surface area contributed by atoms with E-state index in [0.29, 0.717) is 11.5 Å². The Hall–Kier alpha value is -1.58. The number of carboxylic acid groups (broad SMARTS) is 1. The topological polar surface area (TPSA) is 63.6 Å². The lowest BCUT2D eigenvalue weighted by atomic mass is 9.41. The van der Waals surface area contributed by atoms with E-state index in [0.717, 1.165) is 51.4 Å². The largest absolute Gasteiger partial charge is 0.481 e. The second-order valence-electron chi connectivity index (χ2n) is 10.9. The van der Waals surface area contributed by atoms with Gasteiger partial charge in [-0.25, -0.2) is 4.79 Å². The maximum atomic E-state index is 12.5. The van der Waals surface area contributed by atoms with Gasteiger partial charge in [-0.2, -0.15) is 0 Å². The van der Waals surface area contributed by atoms with E-state index >= 15 is 0 Å². The van der Waals surface area contributed by atoms with Crippen LogP contribution in [-0.2, 0) is 14.3 Å². The highest BCUT2D eigenvalue weighted by atomic mass is 16.5. The van der Waals surface area contributed by atoms with Crippen LogP contribution >= 0.6 is 0 Å². The lowest BCUT2D eigenvalue weighted by molar-refractivity contribution is -0.190. The van der Waals surface area contributed by atoms with Crippen molar-refractivity contribution >= 4 is 11.9 Å². The number of carbonyl (C=O) groups is 2. The van der Waals surface area contributed by atoms with Crippen LogP contribution in [0.1, 0.15) is 79.1 Å². The van der Waals surface area contributed by atoms with Gasteiger partial charge in [0.15, 0.2) is 0 Å². The summed E-state index contributed by atoms with van der Waals surface area (Å²) in [6.45, 7) is 12.4. The molecule has 29 heavy (non-hydrogen) atoms. The summed E-state index contributed by atoms with van der Waals surface area (Å²) in [5, 5.41) is 10.1. The van der Waals surface area contributed by atoms with Gasteiger partial charge in [0.05, 0.1) is 5.41 Å². The molecule has 0 radical (unpaired) electrons. The highest BCUT2D eigenvalue weighted by molar-refractivity contribution is 5.87. The quantitative estimate of drug-likeness (QED) is 0.384. The van der Waals surface area contributed by atoms with Crippen LogP contribution in [0, 0.1) is 34.0 Å². The highest BCUT2D eigenvalue weighted by Gasteiger charge is 2.66.